The third-order valence-corrected chi connectivity index (χ3v) is 19.7. The molecule has 5 aromatic carbocycles. The van der Waals surface area contributed by atoms with Gasteiger partial charge < -0.3 is 105 Å². The minimum Gasteiger partial charge on any atom is -0.508 e. The van der Waals surface area contributed by atoms with Gasteiger partial charge in [0.25, 0.3) is 0 Å². The molecule has 13 atom stereocenters. The summed E-state index contributed by atoms with van der Waals surface area (Å²) in [6.45, 7) is 2.64. The summed E-state index contributed by atoms with van der Waals surface area (Å²) in [7, 11) is 0. The molecular formula is C80H101N15O20S. The first-order valence-corrected chi connectivity index (χ1v) is 39.0. The number of carbonyl (C=O) groups is 15. The number of likely N-dealkylation sites (tertiary alicyclic amines) is 1. The van der Waals surface area contributed by atoms with Crippen molar-refractivity contribution in [3.05, 3.63) is 174 Å². The molecule has 13 amide bonds. The zero-order valence-electron chi connectivity index (χ0n) is 64.4. The standard InChI is InChI=1S/C80H101N15O20S/c1-44(2)33-56(87-75(109)60(39-66(82)99)86-68(102)45(3)84-77(111)63(42-96)93-73(107)58(35-47-19-10-6-11-20-47)91-78(112)65-25-16-31-95(65)79(113)64(43-97)94-69(103)53(81)34-46-17-8-5-9-18-46)71(105)89-59(38-50-41-83-54-24-15-14-23-52(50)54)74(108)88-57(36-49-26-28-51(98)29-27-49)72(106)90-61(40-67(100)101)76(110)85-55(30-32-116-4)70(104)92-62(80(114)115)37-48-21-12-7-13-22-48/h5-15,17-24,26-29,41,44-45,53,55-65,83,96-98H,16,25,30-40,42-43,81H2,1-4H3,(H2,82,99)(H,84,111)(H,85,110)(H,86,102)(H,87,109)(H,88,108)(H,89,105)(H,90,106)(H,91,112)(H,92,104)(H,93,107)(H,94,103)(H,100,101)(H,114,115)/t45-,53-,55-,56-,57-,58-,59-,60-,61-,62-,63-,64-,65-/m0/s1. The van der Waals surface area contributed by atoms with Crippen LogP contribution in [0.5, 0.6) is 5.75 Å². The van der Waals surface area contributed by atoms with Gasteiger partial charge in [0.2, 0.25) is 76.8 Å². The lowest BCUT2D eigenvalue weighted by Gasteiger charge is -2.30. The van der Waals surface area contributed by atoms with E-state index in [9.17, 15) is 92.7 Å². The molecule has 0 radical (unpaired) electrons. The number of thioether (sulfide) groups is 1. The lowest BCUT2D eigenvalue weighted by atomic mass is 9.99. The van der Waals surface area contributed by atoms with Gasteiger partial charge in [0.1, 0.15) is 78.3 Å². The van der Waals surface area contributed by atoms with Crippen LogP contribution in [0.25, 0.3) is 10.9 Å². The van der Waals surface area contributed by atoms with Crippen molar-refractivity contribution in [1.29, 1.82) is 0 Å². The molecule has 0 bridgehead atoms. The second-order valence-electron chi connectivity index (χ2n) is 28.5. The number of aromatic hydroxyl groups is 1. The Balaban J connectivity index is 1.05. The SMILES string of the molecule is CSCC[C@H](NC(=O)[C@H](CC(=O)O)NC(=O)[C@H](Cc1ccc(O)cc1)NC(=O)[C@H](Cc1c[nH]c2ccccc12)NC(=O)[C@H](CC(C)C)NC(=O)[C@H](CC(N)=O)NC(=O)[C@H](C)NC(=O)[C@H](CO)NC(=O)[C@H](Cc1ccccc1)NC(=O)[C@@H]1CCCN1C(=O)[C@H](CO)NC(=O)[C@@H](N)Cc1ccccc1)C(=O)N[C@@H](Cc1ccccc1)C(=O)O. The molecule has 1 fully saturated rings. The summed E-state index contributed by atoms with van der Waals surface area (Å²) in [5, 5.41) is 79.2. The third kappa shape index (κ3) is 28.1. The number of nitrogens with zero attached hydrogens (tertiary/aromatic N) is 1. The number of aromatic amines is 1. The van der Waals surface area contributed by atoms with Gasteiger partial charge in [-0.05, 0) is 103 Å². The highest BCUT2D eigenvalue weighted by Crippen LogP contribution is 2.23. The lowest BCUT2D eigenvalue weighted by Crippen LogP contribution is -2.61. The number of phenols is 1. The number of carboxylic acids is 2. The van der Waals surface area contributed by atoms with Crippen LogP contribution >= 0.6 is 11.8 Å². The molecule has 1 aliphatic rings. The number of fused-ring (bicyclic) bond motifs is 1. The number of aliphatic carboxylic acids is 2. The molecule has 622 valence electrons. The van der Waals surface area contributed by atoms with Crippen LogP contribution in [0.15, 0.2) is 146 Å². The molecule has 116 heavy (non-hydrogen) atoms. The van der Waals surface area contributed by atoms with E-state index in [-0.39, 0.29) is 63.0 Å². The van der Waals surface area contributed by atoms with E-state index in [0.717, 1.165) is 17.4 Å². The van der Waals surface area contributed by atoms with Crippen LogP contribution in [0, 0.1) is 5.92 Å². The molecule has 0 aliphatic carbocycles. The largest absolute Gasteiger partial charge is 0.508 e. The maximum atomic E-state index is 15.1. The number of hydrogen-bond acceptors (Lipinski definition) is 20. The summed E-state index contributed by atoms with van der Waals surface area (Å²) >= 11 is 1.28. The van der Waals surface area contributed by atoms with E-state index >= 15 is 4.79 Å². The molecule has 0 spiro atoms. The predicted molar refractivity (Wildman–Crippen MR) is 424 cm³/mol. The normalized spacial score (nSPS) is 15.6. The fraction of sp³-hybridized carbons (Fsp3) is 0.412. The molecular weight excluding hydrogens is 1520 g/mol. The van der Waals surface area contributed by atoms with Gasteiger partial charge in [0.05, 0.1) is 32.1 Å². The van der Waals surface area contributed by atoms with Gasteiger partial charge in [-0.3, -0.25) is 67.1 Å². The molecule has 35 nitrogen and oxygen atoms in total. The first kappa shape index (κ1) is 90.9. The van der Waals surface area contributed by atoms with Crippen molar-refractivity contribution >= 4 is 111 Å². The average Bonchev–Trinajstić information content (AvgIpc) is 1.63. The Bertz CT molecular complexity index is 4410. The number of nitrogens with two attached hydrogens (primary N) is 2. The number of phenolic OH excluding ortho intramolecular Hbond substituents is 1. The number of benzene rings is 5. The smallest absolute Gasteiger partial charge is 0.326 e. The second-order valence-corrected chi connectivity index (χ2v) is 29.5. The van der Waals surface area contributed by atoms with Crippen molar-refractivity contribution < 1.29 is 97.5 Å². The minimum absolute atomic E-state index is 0.0358. The van der Waals surface area contributed by atoms with Crippen molar-refractivity contribution in [3.8, 4) is 5.75 Å². The predicted octanol–water partition coefficient (Wildman–Crippen LogP) is -1.72. The first-order chi connectivity index (χ1) is 55.3. The molecule has 21 N–H and O–H groups in total. The number of nitrogens with one attached hydrogen (secondary N) is 12. The van der Waals surface area contributed by atoms with Crippen molar-refractivity contribution in [2.45, 2.75) is 170 Å². The third-order valence-electron chi connectivity index (χ3n) is 19.0. The zero-order chi connectivity index (χ0) is 84.7. The van der Waals surface area contributed by atoms with Crippen LogP contribution < -0.4 is 70.0 Å². The Morgan fingerprint density at radius 2 is 0.905 bits per heavy atom. The summed E-state index contributed by atoms with van der Waals surface area (Å²) in [4.78, 5) is 213. The fourth-order valence-corrected chi connectivity index (χ4v) is 13.4. The Kier molecular flexibility index (Phi) is 35.2. The van der Waals surface area contributed by atoms with Crippen LogP contribution in [0.1, 0.15) is 87.1 Å². The van der Waals surface area contributed by atoms with Crippen molar-refractivity contribution in [2.24, 2.45) is 17.4 Å². The van der Waals surface area contributed by atoms with Crippen LogP contribution in [-0.2, 0) is 104 Å². The van der Waals surface area contributed by atoms with E-state index in [1.54, 1.807) is 142 Å². The van der Waals surface area contributed by atoms with E-state index < -0.39 is 206 Å². The van der Waals surface area contributed by atoms with Gasteiger partial charge >= 0.3 is 11.9 Å². The Morgan fingerprint density at radius 3 is 1.45 bits per heavy atom. The number of para-hydroxylation sites is 1. The molecule has 2 heterocycles. The topological polar surface area (TPSA) is 561 Å². The van der Waals surface area contributed by atoms with E-state index in [1.807, 2.05) is 0 Å². The first-order valence-electron chi connectivity index (χ1n) is 37.6. The number of aromatic nitrogens is 1. The van der Waals surface area contributed by atoms with Crippen molar-refractivity contribution in [1.82, 2.24) is 68.4 Å². The zero-order valence-corrected chi connectivity index (χ0v) is 65.2. The van der Waals surface area contributed by atoms with Gasteiger partial charge in [-0.1, -0.05) is 135 Å². The Labute approximate surface area is 672 Å². The highest BCUT2D eigenvalue weighted by Gasteiger charge is 2.41. The monoisotopic (exact) mass is 1620 g/mol. The van der Waals surface area contributed by atoms with Gasteiger partial charge in [-0.25, -0.2) is 4.79 Å². The summed E-state index contributed by atoms with van der Waals surface area (Å²) < 4.78 is 0. The van der Waals surface area contributed by atoms with Crippen molar-refractivity contribution in [3.63, 3.8) is 0 Å². The molecule has 1 saturated heterocycles. The van der Waals surface area contributed by atoms with Gasteiger partial charge in [-0.2, -0.15) is 11.8 Å². The number of carbonyl (C=O) groups excluding carboxylic acids is 13. The lowest BCUT2D eigenvalue weighted by molar-refractivity contribution is -0.143. The number of primary amides is 1. The van der Waals surface area contributed by atoms with Gasteiger partial charge in [0, 0.05) is 49.3 Å². The summed E-state index contributed by atoms with van der Waals surface area (Å²) in [6, 6.07) is 17.5. The number of aliphatic hydroxyl groups excluding tert-OH is 2. The molecule has 0 saturated carbocycles. The van der Waals surface area contributed by atoms with Crippen molar-refractivity contribution in [2.75, 3.05) is 31.8 Å². The Hall–Kier alpha value is -12.3. The number of carboxylic acid groups (broad SMARTS) is 2. The van der Waals surface area contributed by atoms with Crippen LogP contribution in [0.2, 0.25) is 0 Å². The van der Waals surface area contributed by atoms with E-state index in [1.165, 1.54) is 36.0 Å². The molecule has 7 rings (SSSR count). The highest BCUT2D eigenvalue weighted by atomic mass is 32.2. The number of rotatable bonds is 45. The van der Waals surface area contributed by atoms with E-state index in [2.05, 4.69) is 63.5 Å². The fourth-order valence-electron chi connectivity index (χ4n) is 12.9. The quantitative estimate of drug-likeness (QED) is 0.0202. The summed E-state index contributed by atoms with van der Waals surface area (Å²) in [6.07, 6.45) is 0.568. The molecule has 0 unspecified atom stereocenters. The maximum Gasteiger partial charge on any atom is 0.326 e. The summed E-state index contributed by atoms with van der Waals surface area (Å²) in [5.41, 5.74) is 15.0. The van der Waals surface area contributed by atoms with Gasteiger partial charge in [0.15, 0.2) is 0 Å². The summed E-state index contributed by atoms with van der Waals surface area (Å²) in [5.74, 6) is -16.6. The number of H-pyrrole nitrogens is 1. The number of amides is 13. The van der Waals surface area contributed by atoms with E-state index in [0.29, 0.717) is 39.6 Å². The Morgan fingerprint density at radius 1 is 0.474 bits per heavy atom. The second kappa shape index (κ2) is 45.0. The van der Waals surface area contributed by atoms with Crippen LogP contribution in [0.4, 0.5) is 0 Å². The number of aliphatic hydroxyl groups is 2. The molecule has 6 aromatic rings. The van der Waals surface area contributed by atoms with Crippen LogP contribution in [0.3, 0.4) is 0 Å². The number of hydrogen-bond donors (Lipinski definition) is 19. The molecule has 36 heteroatoms. The minimum atomic E-state index is -1.95. The highest BCUT2D eigenvalue weighted by molar-refractivity contribution is 7.98. The average molecular weight is 1620 g/mol. The molecule has 1 aliphatic heterocycles. The maximum absolute atomic E-state index is 15.1. The van der Waals surface area contributed by atoms with Crippen LogP contribution in [-0.4, -0.2) is 234 Å². The van der Waals surface area contributed by atoms with Gasteiger partial charge in [-0.15, -0.1) is 0 Å². The molecule has 1 aromatic heterocycles. The van der Waals surface area contributed by atoms with E-state index in [4.69, 9.17) is 11.5 Å².